The Balaban J connectivity index is 2.15. The van der Waals surface area contributed by atoms with Gasteiger partial charge in [0.25, 0.3) is 5.91 Å². The first-order valence-corrected chi connectivity index (χ1v) is 8.33. The van der Waals surface area contributed by atoms with Gasteiger partial charge in [-0.3, -0.25) is 4.79 Å². The molecule has 0 saturated carbocycles. The first-order chi connectivity index (χ1) is 9.52. The van der Waals surface area contributed by atoms with Gasteiger partial charge < -0.3 is 10.1 Å². The number of amides is 1. The van der Waals surface area contributed by atoms with E-state index >= 15 is 0 Å². The summed E-state index contributed by atoms with van der Waals surface area (Å²) in [5.74, 6) is -0.545. The van der Waals surface area contributed by atoms with E-state index in [-0.39, 0.29) is 11.9 Å². The minimum atomic E-state index is -0.354. The van der Waals surface area contributed by atoms with Gasteiger partial charge in [0, 0.05) is 4.47 Å². The average molecular weight is 374 g/mol. The van der Waals surface area contributed by atoms with E-state index in [1.54, 1.807) is 13.0 Å². The second-order valence-electron chi connectivity index (χ2n) is 3.90. The number of aryl methyl sites for hydroxylation is 1. The van der Waals surface area contributed by atoms with Gasteiger partial charge in [0.2, 0.25) is 0 Å². The van der Waals surface area contributed by atoms with Crippen LogP contribution in [0.3, 0.4) is 0 Å². The maximum absolute atomic E-state index is 12.1. The van der Waals surface area contributed by atoms with Crippen molar-refractivity contribution in [2.75, 3.05) is 11.9 Å². The van der Waals surface area contributed by atoms with Crippen molar-refractivity contribution in [3.8, 4) is 0 Å². The molecule has 1 amide bonds. The summed E-state index contributed by atoms with van der Waals surface area (Å²) >= 11 is 5.90. The van der Waals surface area contributed by atoms with Gasteiger partial charge >= 0.3 is 5.97 Å². The topological polar surface area (TPSA) is 55.4 Å². The van der Waals surface area contributed by atoms with Crippen molar-refractivity contribution < 1.29 is 14.3 Å². The highest BCUT2D eigenvalue weighted by molar-refractivity contribution is 9.10. The maximum Gasteiger partial charge on any atom is 0.348 e. The number of hydrogen-bond donors (Lipinski definition) is 1. The zero-order chi connectivity index (χ0) is 14.7. The van der Waals surface area contributed by atoms with Crippen LogP contribution in [0.5, 0.6) is 0 Å². The van der Waals surface area contributed by atoms with Crippen LogP contribution in [0.25, 0.3) is 0 Å². The molecule has 0 atom stereocenters. The second kappa shape index (κ2) is 6.51. The lowest BCUT2D eigenvalue weighted by Crippen LogP contribution is -2.09. The third kappa shape index (κ3) is 3.28. The van der Waals surface area contributed by atoms with Crippen molar-refractivity contribution >= 4 is 55.5 Å². The Morgan fingerprint density at radius 2 is 2.15 bits per heavy atom. The maximum atomic E-state index is 12.1. The summed E-state index contributed by atoms with van der Waals surface area (Å²) in [6.07, 6.45) is 0. The van der Waals surface area contributed by atoms with E-state index in [0.29, 0.717) is 21.4 Å². The van der Waals surface area contributed by atoms with E-state index in [9.17, 15) is 9.59 Å². The predicted octanol–water partition coefficient (Wildman–Crippen LogP) is 4.31. The first-order valence-electron chi connectivity index (χ1n) is 5.84. The van der Waals surface area contributed by atoms with Crippen LogP contribution in [-0.2, 0) is 4.74 Å². The van der Waals surface area contributed by atoms with Crippen LogP contribution in [0.2, 0.25) is 0 Å². The van der Waals surface area contributed by atoms with Crippen LogP contribution in [0.1, 0.15) is 31.8 Å². The van der Waals surface area contributed by atoms with E-state index in [1.165, 1.54) is 22.7 Å². The summed E-state index contributed by atoms with van der Waals surface area (Å²) in [7, 11) is 0. The van der Waals surface area contributed by atoms with E-state index in [2.05, 4.69) is 21.2 Å². The molecular formula is C13H12BrNO3S2. The van der Waals surface area contributed by atoms with Crippen LogP contribution in [0.4, 0.5) is 5.00 Å². The van der Waals surface area contributed by atoms with Gasteiger partial charge in [-0.25, -0.2) is 4.79 Å². The normalized spacial score (nSPS) is 10.3. The Labute approximate surface area is 132 Å². The van der Waals surface area contributed by atoms with Gasteiger partial charge in [0.05, 0.1) is 11.6 Å². The van der Waals surface area contributed by atoms with Gasteiger partial charge in [-0.15, -0.1) is 22.7 Å². The minimum Gasteiger partial charge on any atom is -0.462 e. The third-order valence-corrected chi connectivity index (χ3v) is 5.41. The lowest BCUT2D eigenvalue weighted by molar-refractivity contribution is 0.0531. The quantitative estimate of drug-likeness (QED) is 0.812. The summed E-state index contributed by atoms with van der Waals surface area (Å²) in [4.78, 5) is 24.9. The van der Waals surface area contributed by atoms with Crippen molar-refractivity contribution in [1.82, 2.24) is 0 Å². The molecule has 0 radical (unpaired) electrons. The smallest absolute Gasteiger partial charge is 0.348 e. The van der Waals surface area contributed by atoms with Gasteiger partial charge in [-0.2, -0.15) is 0 Å². The van der Waals surface area contributed by atoms with Crippen LogP contribution in [0.15, 0.2) is 22.0 Å². The number of esters is 1. The molecule has 0 spiro atoms. The molecule has 7 heteroatoms. The van der Waals surface area contributed by atoms with Crippen LogP contribution < -0.4 is 5.32 Å². The molecule has 0 unspecified atom stereocenters. The van der Waals surface area contributed by atoms with Gasteiger partial charge in [-0.1, -0.05) is 0 Å². The lowest BCUT2D eigenvalue weighted by atomic mass is 10.3. The largest absolute Gasteiger partial charge is 0.462 e. The fourth-order valence-electron chi connectivity index (χ4n) is 1.57. The van der Waals surface area contributed by atoms with Crippen LogP contribution in [-0.4, -0.2) is 18.5 Å². The van der Waals surface area contributed by atoms with Gasteiger partial charge in [-0.05, 0) is 52.9 Å². The number of halogens is 1. The standard InChI is InChI=1S/C13H12BrNO3S2/c1-3-18-13(17)10-7(2)6-9(20-10)15-12(16)11-8(14)4-5-19-11/h4-6H,3H2,1-2H3,(H,15,16). The summed E-state index contributed by atoms with van der Waals surface area (Å²) in [5, 5.41) is 5.27. The van der Waals surface area contributed by atoms with Crippen LogP contribution in [0, 0.1) is 6.92 Å². The summed E-state index contributed by atoms with van der Waals surface area (Å²) in [5.41, 5.74) is 0.800. The Morgan fingerprint density at radius 3 is 2.75 bits per heavy atom. The monoisotopic (exact) mass is 373 g/mol. The first kappa shape index (κ1) is 15.2. The van der Waals surface area contributed by atoms with E-state index < -0.39 is 0 Å². The molecule has 0 aliphatic rings. The lowest BCUT2D eigenvalue weighted by Gasteiger charge is -2.00. The molecule has 2 heterocycles. The summed E-state index contributed by atoms with van der Waals surface area (Å²) in [6.45, 7) is 3.91. The van der Waals surface area contributed by atoms with Gasteiger partial charge in [0.1, 0.15) is 9.75 Å². The fraction of sp³-hybridized carbons (Fsp3) is 0.231. The molecule has 0 fully saturated rings. The molecule has 4 nitrogen and oxygen atoms in total. The van der Waals surface area contributed by atoms with Crippen molar-refractivity contribution in [3.63, 3.8) is 0 Å². The second-order valence-corrected chi connectivity index (χ2v) is 6.72. The van der Waals surface area contributed by atoms with Crippen LogP contribution >= 0.6 is 38.6 Å². The van der Waals surface area contributed by atoms with E-state index in [1.807, 2.05) is 18.4 Å². The zero-order valence-corrected chi connectivity index (χ0v) is 14.1. The Hall–Kier alpha value is -1.18. The molecule has 0 saturated heterocycles. The number of carbonyl (C=O) groups is 2. The molecule has 106 valence electrons. The highest BCUT2D eigenvalue weighted by atomic mass is 79.9. The highest BCUT2D eigenvalue weighted by Gasteiger charge is 2.17. The SMILES string of the molecule is CCOC(=O)c1sc(NC(=O)c2sccc2Br)cc1C. The van der Waals surface area contributed by atoms with Crippen molar-refractivity contribution in [1.29, 1.82) is 0 Å². The zero-order valence-electron chi connectivity index (χ0n) is 10.9. The Morgan fingerprint density at radius 1 is 1.40 bits per heavy atom. The van der Waals surface area contributed by atoms with Crippen molar-refractivity contribution in [2.45, 2.75) is 13.8 Å². The minimum absolute atomic E-state index is 0.191. The van der Waals surface area contributed by atoms with Gasteiger partial charge in [0.15, 0.2) is 0 Å². The molecule has 2 aromatic rings. The Kier molecular flexibility index (Phi) is 4.95. The molecule has 2 aromatic heterocycles. The number of nitrogens with one attached hydrogen (secondary N) is 1. The molecule has 20 heavy (non-hydrogen) atoms. The number of ether oxygens (including phenoxy) is 1. The fourth-order valence-corrected chi connectivity index (χ4v) is 3.98. The molecule has 0 aromatic carbocycles. The Bertz CT molecular complexity index is 648. The molecule has 1 N–H and O–H groups in total. The molecule has 0 aliphatic heterocycles. The number of anilines is 1. The van der Waals surface area contributed by atoms with Crippen molar-refractivity contribution in [3.05, 3.63) is 37.3 Å². The van der Waals surface area contributed by atoms with E-state index in [0.717, 1.165) is 10.0 Å². The number of rotatable bonds is 4. The molecule has 0 bridgehead atoms. The molecule has 2 rings (SSSR count). The summed E-state index contributed by atoms with van der Waals surface area (Å²) in [6, 6.07) is 3.60. The summed E-state index contributed by atoms with van der Waals surface area (Å²) < 4.78 is 5.73. The molecule has 0 aliphatic carbocycles. The number of carbonyl (C=O) groups excluding carboxylic acids is 2. The number of thiophene rings is 2. The van der Waals surface area contributed by atoms with E-state index in [4.69, 9.17) is 4.74 Å². The van der Waals surface area contributed by atoms with Crippen molar-refractivity contribution in [2.24, 2.45) is 0 Å². The highest BCUT2D eigenvalue weighted by Crippen LogP contribution is 2.29. The molecular weight excluding hydrogens is 362 g/mol. The predicted molar refractivity (Wildman–Crippen MR) is 85.0 cm³/mol. The number of hydrogen-bond acceptors (Lipinski definition) is 5. The third-order valence-electron chi connectivity index (χ3n) is 2.44. The average Bonchev–Trinajstić information content (AvgIpc) is 2.96.